The first-order valence-corrected chi connectivity index (χ1v) is 7.32. The molecule has 1 saturated heterocycles. The summed E-state index contributed by atoms with van der Waals surface area (Å²) in [5.74, 6) is -0.0658. The van der Waals surface area contributed by atoms with Crippen LogP contribution in [-0.2, 0) is 9.59 Å². The van der Waals surface area contributed by atoms with Gasteiger partial charge in [0.1, 0.15) is 0 Å². The molecule has 1 fully saturated rings. The van der Waals surface area contributed by atoms with Crippen LogP contribution in [0.4, 0.5) is 0 Å². The summed E-state index contributed by atoms with van der Waals surface area (Å²) in [7, 11) is 0. The van der Waals surface area contributed by atoms with Gasteiger partial charge in [0.15, 0.2) is 0 Å². The Morgan fingerprint density at radius 2 is 1.67 bits per heavy atom. The first-order valence-electron chi connectivity index (χ1n) is 6.94. The second-order valence-corrected chi connectivity index (χ2v) is 5.59. The van der Waals surface area contributed by atoms with Crippen LogP contribution < -0.4 is 0 Å². The number of carbonyl (C=O) groups is 2. The lowest BCUT2D eigenvalue weighted by Crippen LogP contribution is -2.50. The number of benzene rings is 1. The van der Waals surface area contributed by atoms with Crippen molar-refractivity contribution in [3.63, 3.8) is 0 Å². The Kier molecular flexibility index (Phi) is 5.20. The maximum Gasteiger partial charge on any atom is 0.225 e. The number of aliphatic hydroxyl groups excluding tert-OH is 1. The van der Waals surface area contributed by atoms with Gasteiger partial charge in [0.05, 0.1) is 12.5 Å². The van der Waals surface area contributed by atoms with Gasteiger partial charge in [-0.15, -0.1) is 0 Å². The van der Waals surface area contributed by atoms with Gasteiger partial charge in [-0.25, -0.2) is 0 Å². The van der Waals surface area contributed by atoms with Gasteiger partial charge in [-0.05, 0) is 17.7 Å². The first kappa shape index (κ1) is 15.8. The smallest absolute Gasteiger partial charge is 0.225 e. The van der Waals surface area contributed by atoms with Crippen LogP contribution in [0.1, 0.15) is 25.0 Å². The third kappa shape index (κ3) is 4.19. The van der Waals surface area contributed by atoms with Gasteiger partial charge in [0, 0.05) is 38.1 Å². The molecule has 1 aliphatic heterocycles. The number of piperazine rings is 1. The van der Waals surface area contributed by atoms with Crippen LogP contribution in [-0.4, -0.2) is 52.9 Å². The fourth-order valence-electron chi connectivity index (χ4n) is 2.37. The number of rotatable bonds is 3. The molecule has 21 heavy (non-hydrogen) atoms. The summed E-state index contributed by atoms with van der Waals surface area (Å²) in [6.45, 7) is 3.68. The van der Waals surface area contributed by atoms with E-state index in [-0.39, 0.29) is 18.2 Å². The highest BCUT2D eigenvalue weighted by Crippen LogP contribution is 2.20. The third-order valence-electron chi connectivity index (χ3n) is 3.70. The van der Waals surface area contributed by atoms with Gasteiger partial charge in [0.2, 0.25) is 11.8 Å². The summed E-state index contributed by atoms with van der Waals surface area (Å²) in [6.07, 6.45) is -0.789. The van der Waals surface area contributed by atoms with Crippen LogP contribution in [0.5, 0.6) is 0 Å². The van der Waals surface area contributed by atoms with E-state index >= 15 is 0 Å². The molecular formula is C15H19ClN2O3. The standard InChI is InChI=1S/C15H19ClN2O3/c1-11(19)17-6-8-18(9-7-17)15(21)10-14(20)12-2-4-13(16)5-3-12/h2-5,14,20H,6-10H2,1H3. The highest BCUT2D eigenvalue weighted by atomic mass is 35.5. The van der Waals surface area contributed by atoms with Gasteiger partial charge in [-0.3, -0.25) is 9.59 Å². The molecule has 114 valence electrons. The molecule has 2 rings (SSSR count). The SMILES string of the molecule is CC(=O)N1CCN(C(=O)CC(O)c2ccc(Cl)cc2)CC1. The van der Waals surface area contributed by atoms with Crippen LogP contribution in [0.3, 0.4) is 0 Å². The monoisotopic (exact) mass is 310 g/mol. The van der Waals surface area contributed by atoms with Gasteiger partial charge in [0.25, 0.3) is 0 Å². The number of nitrogens with zero attached hydrogens (tertiary/aromatic N) is 2. The Hall–Kier alpha value is -1.59. The lowest BCUT2D eigenvalue weighted by molar-refractivity contribution is -0.139. The minimum atomic E-state index is -0.833. The molecule has 0 saturated carbocycles. The quantitative estimate of drug-likeness (QED) is 0.919. The van der Waals surface area contributed by atoms with Crippen molar-refractivity contribution in [2.24, 2.45) is 0 Å². The Morgan fingerprint density at radius 3 is 2.19 bits per heavy atom. The fourth-order valence-corrected chi connectivity index (χ4v) is 2.49. The number of hydrogen-bond acceptors (Lipinski definition) is 3. The maximum atomic E-state index is 12.2. The van der Waals surface area contributed by atoms with Crippen molar-refractivity contribution in [3.8, 4) is 0 Å². The van der Waals surface area contributed by atoms with Crippen molar-refractivity contribution in [1.82, 2.24) is 9.80 Å². The molecule has 5 nitrogen and oxygen atoms in total. The zero-order valence-corrected chi connectivity index (χ0v) is 12.7. The molecule has 1 aromatic rings. The van der Waals surface area contributed by atoms with Crippen molar-refractivity contribution < 1.29 is 14.7 Å². The molecule has 2 amide bonds. The number of halogens is 1. The Bertz CT molecular complexity index is 510. The predicted octanol–water partition coefficient (Wildman–Crippen LogP) is 1.45. The number of amides is 2. The van der Waals surface area contributed by atoms with Crippen molar-refractivity contribution in [2.75, 3.05) is 26.2 Å². The summed E-state index contributed by atoms with van der Waals surface area (Å²) in [4.78, 5) is 26.8. The van der Waals surface area contributed by atoms with Crippen molar-refractivity contribution in [3.05, 3.63) is 34.9 Å². The molecule has 0 bridgehead atoms. The minimum absolute atomic E-state index is 0.0308. The van der Waals surface area contributed by atoms with Crippen LogP contribution >= 0.6 is 11.6 Å². The van der Waals surface area contributed by atoms with Crippen LogP contribution in [0.25, 0.3) is 0 Å². The number of carbonyl (C=O) groups excluding carboxylic acids is 2. The van der Waals surface area contributed by atoms with E-state index < -0.39 is 6.10 Å². The summed E-state index contributed by atoms with van der Waals surface area (Å²) in [6, 6.07) is 6.81. The van der Waals surface area contributed by atoms with E-state index in [1.54, 1.807) is 34.1 Å². The lowest BCUT2D eigenvalue weighted by Gasteiger charge is -2.34. The Labute approximate surface area is 129 Å². The molecule has 0 radical (unpaired) electrons. The molecule has 1 N–H and O–H groups in total. The molecule has 0 spiro atoms. The molecule has 1 aliphatic rings. The fraction of sp³-hybridized carbons (Fsp3) is 0.467. The molecule has 1 unspecified atom stereocenters. The van der Waals surface area contributed by atoms with E-state index in [9.17, 15) is 14.7 Å². The zero-order chi connectivity index (χ0) is 15.4. The van der Waals surface area contributed by atoms with E-state index in [1.165, 1.54) is 6.92 Å². The van der Waals surface area contributed by atoms with E-state index in [4.69, 9.17) is 11.6 Å². The number of hydrogen-bond donors (Lipinski definition) is 1. The summed E-state index contributed by atoms with van der Waals surface area (Å²) in [5, 5.41) is 10.7. The predicted molar refractivity (Wildman–Crippen MR) is 79.9 cm³/mol. The number of aliphatic hydroxyl groups is 1. The van der Waals surface area contributed by atoms with Crippen molar-refractivity contribution >= 4 is 23.4 Å². The average molecular weight is 311 g/mol. The zero-order valence-electron chi connectivity index (χ0n) is 12.0. The topological polar surface area (TPSA) is 60.9 Å². The molecular weight excluding hydrogens is 292 g/mol. The average Bonchev–Trinajstić information content (AvgIpc) is 2.47. The molecule has 1 aromatic carbocycles. The molecule has 6 heteroatoms. The van der Waals surface area contributed by atoms with Crippen LogP contribution in [0, 0.1) is 0 Å². The Balaban J connectivity index is 1.87. The first-order chi connectivity index (χ1) is 9.97. The van der Waals surface area contributed by atoms with Gasteiger partial charge in [-0.1, -0.05) is 23.7 Å². The lowest BCUT2D eigenvalue weighted by atomic mass is 10.1. The molecule has 1 atom stereocenters. The highest BCUT2D eigenvalue weighted by molar-refractivity contribution is 6.30. The third-order valence-corrected chi connectivity index (χ3v) is 3.95. The molecule has 1 heterocycles. The van der Waals surface area contributed by atoms with Crippen LogP contribution in [0.15, 0.2) is 24.3 Å². The van der Waals surface area contributed by atoms with Gasteiger partial charge in [-0.2, -0.15) is 0 Å². The molecule has 0 aliphatic carbocycles. The summed E-state index contributed by atoms with van der Waals surface area (Å²) < 4.78 is 0. The summed E-state index contributed by atoms with van der Waals surface area (Å²) in [5.41, 5.74) is 0.676. The van der Waals surface area contributed by atoms with Gasteiger partial charge < -0.3 is 14.9 Å². The Morgan fingerprint density at radius 1 is 1.14 bits per heavy atom. The second kappa shape index (κ2) is 6.91. The van der Waals surface area contributed by atoms with Crippen LogP contribution in [0.2, 0.25) is 5.02 Å². The van der Waals surface area contributed by atoms with E-state index in [0.717, 1.165) is 0 Å². The maximum absolute atomic E-state index is 12.2. The minimum Gasteiger partial charge on any atom is -0.388 e. The highest BCUT2D eigenvalue weighted by Gasteiger charge is 2.24. The van der Waals surface area contributed by atoms with E-state index in [2.05, 4.69) is 0 Å². The normalized spacial score (nSPS) is 16.7. The van der Waals surface area contributed by atoms with Gasteiger partial charge >= 0.3 is 0 Å². The van der Waals surface area contributed by atoms with E-state index in [0.29, 0.717) is 36.8 Å². The molecule has 0 aromatic heterocycles. The van der Waals surface area contributed by atoms with E-state index in [1.807, 2.05) is 0 Å². The second-order valence-electron chi connectivity index (χ2n) is 5.16. The van der Waals surface area contributed by atoms with Crippen molar-refractivity contribution in [2.45, 2.75) is 19.4 Å². The summed E-state index contributed by atoms with van der Waals surface area (Å²) >= 11 is 5.79. The largest absolute Gasteiger partial charge is 0.388 e. The van der Waals surface area contributed by atoms with Crippen molar-refractivity contribution in [1.29, 1.82) is 0 Å².